The Labute approximate surface area is 124 Å². The summed E-state index contributed by atoms with van der Waals surface area (Å²) in [5, 5.41) is 8.04. The van der Waals surface area contributed by atoms with Crippen molar-refractivity contribution in [1.82, 2.24) is 14.6 Å². The highest BCUT2D eigenvalue weighted by Crippen LogP contribution is 2.30. The summed E-state index contributed by atoms with van der Waals surface area (Å²) in [5.74, 6) is 1.21. The Morgan fingerprint density at radius 3 is 2.68 bits per heavy atom. The first-order chi connectivity index (χ1) is 10.5. The standard InChI is InChI=1S/C15H12F3N3O/c1-22-12-5-6-21-13(19-20-14(21)9-12)8-10-3-2-4-11(7-10)15(16,17)18/h2-7,9H,8H2,1H3. The lowest BCUT2D eigenvalue weighted by molar-refractivity contribution is -0.137. The van der Waals surface area contributed by atoms with E-state index in [1.54, 1.807) is 35.9 Å². The highest BCUT2D eigenvalue weighted by atomic mass is 19.4. The second-order valence-corrected chi connectivity index (χ2v) is 4.79. The molecule has 0 spiro atoms. The fraction of sp³-hybridized carbons (Fsp3) is 0.200. The molecular weight excluding hydrogens is 295 g/mol. The molecular formula is C15H12F3N3O. The molecule has 114 valence electrons. The van der Waals surface area contributed by atoms with Crippen molar-refractivity contribution in [3.05, 3.63) is 59.5 Å². The van der Waals surface area contributed by atoms with Gasteiger partial charge in [0.2, 0.25) is 0 Å². The van der Waals surface area contributed by atoms with Crippen molar-refractivity contribution in [1.29, 1.82) is 0 Å². The molecule has 0 radical (unpaired) electrons. The van der Waals surface area contributed by atoms with Crippen molar-refractivity contribution in [2.24, 2.45) is 0 Å². The number of hydrogen-bond donors (Lipinski definition) is 0. The van der Waals surface area contributed by atoms with Crippen molar-refractivity contribution in [3.63, 3.8) is 0 Å². The molecule has 0 saturated carbocycles. The summed E-state index contributed by atoms with van der Waals surface area (Å²) in [4.78, 5) is 0. The predicted octanol–water partition coefficient (Wildman–Crippen LogP) is 3.35. The number of nitrogens with zero attached hydrogens (tertiary/aromatic N) is 3. The third kappa shape index (κ3) is 2.74. The van der Waals surface area contributed by atoms with Crippen LogP contribution >= 0.6 is 0 Å². The van der Waals surface area contributed by atoms with Gasteiger partial charge in [-0.3, -0.25) is 4.40 Å². The number of ether oxygens (including phenoxy) is 1. The molecule has 0 aliphatic rings. The maximum Gasteiger partial charge on any atom is 0.416 e. The van der Waals surface area contributed by atoms with Gasteiger partial charge in [0.1, 0.15) is 11.6 Å². The molecule has 0 aliphatic heterocycles. The van der Waals surface area contributed by atoms with Crippen LogP contribution in [0.4, 0.5) is 13.2 Å². The monoisotopic (exact) mass is 307 g/mol. The van der Waals surface area contributed by atoms with Gasteiger partial charge in [0, 0.05) is 18.7 Å². The molecule has 0 bridgehead atoms. The van der Waals surface area contributed by atoms with E-state index in [1.807, 2.05) is 0 Å². The lowest BCUT2D eigenvalue weighted by Gasteiger charge is -2.08. The van der Waals surface area contributed by atoms with Gasteiger partial charge in [-0.25, -0.2) is 0 Å². The topological polar surface area (TPSA) is 39.4 Å². The lowest BCUT2D eigenvalue weighted by Crippen LogP contribution is -2.06. The number of benzene rings is 1. The molecule has 0 fully saturated rings. The van der Waals surface area contributed by atoms with E-state index in [4.69, 9.17) is 4.74 Å². The largest absolute Gasteiger partial charge is 0.497 e. The Morgan fingerprint density at radius 2 is 1.95 bits per heavy atom. The fourth-order valence-corrected chi connectivity index (χ4v) is 2.21. The normalized spacial score (nSPS) is 11.8. The summed E-state index contributed by atoms with van der Waals surface area (Å²) in [5.41, 5.74) is 0.446. The summed E-state index contributed by atoms with van der Waals surface area (Å²) in [6, 6.07) is 8.67. The third-order valence-corrected chi connectivity index (χ3v) is 3.30. The number of halogens is 3. The zero-order valence-corrected chi connectivity index (χ0v) is 11.6. The van der Waals surface area contributed by atoms with Crippen molar-refractivity contribution < 1.29 is 17.9 Å². The Morgan fingerprint density at radius 1 is 1.14 bits per heavy atom. The molecule has 2 aromatic heterocycles. The van der Waals surface area contributed by atoms with Crippen molar-refractivity contribution in [2.45, 2.75) is 12.6 Å². The van der Waals surface area contributed by atoms with E-state index in [0.717, 1.165) is 12.1 Å². The van der Waals surface area contributed by atoms with Crippen LogP contribution in [0.2, 0.25) is 0 Å². The minimum atomic E-state index is -4.35. The first-order valence-corrected chi connectivity index (χ1v) is 6.51. The molecule has 1 aromatic carbocycles. The number of pyridine rings is 1. The first-order valence-electron chi connectivity index (χ1n) is 6.51. The number of aromatic nitrogens is 3. The summed E-state index contributed by atoms with van der Waals surface area (Å²) in [7, 11) is 1.55. The lowest BCUT2D eigenvalue weighted by atomic mass is 10.1. The molecule has 7 heteroatoms. The maximum absolute atomic E-state index is 12.7. The molecule has 0 unspecified atom stereocenters. The smallest absolute Gasteiger partial charge is 0.416 e. The van der Waals surface area contributed by atoms with Crippen LogP contribution < -0.4 is 4.74 Å². The second-order valence-electron chi connectivity index (χ2n) is 4.79. The highest BCUT2D eigenvalue weighted by Gasteiger charge is 2.30. The van der Waals surface area contributed by atoms with Gasteiger partial charge >= 0.3 is 6.18 Å². The summed E-state index contributed by atoms with van der Waals surface area (Å²) >= 11 is 0. The van der Waals surface area contributed by atoms with E-state index in [0.29, 0.717) is 22.8 Å². The number of methoxy groups -OCH3 is 1. The van der Waals surface area contributed by atoms with E-state index in [1.165, 1.54) is 6.07 Å². The Balaban J connectivity index is 1.93. The average Bonchev–Trinajstić information content (AvgIpc) is 2.89. The number of fused-ring (bicyclic) bond motifs is 1. The van der Waals surface area contributed by atoms with Crippen LogP contribution in [-0.2, 0) is 12.6 Å². The SMILES string of the molecule is COc1ccn2c(Cc3cccc(C(F)(F)F)c3)nnc2c1. The summed E-state index contributed by atoms with van der Waals surface area (Å²) < 4.78 is 45.0. The van der Waals surface area contributed by atoms with Crippen molar-refractivity contribution >= 4 is 5.65 Å². The van der Waals surface area contributed by atoms with Gasteiger partial charge < -0.3 is 4.74 Å². The van der Waals surface area contributed by atoms with Crippen molar-refractivity contribution in [3.8, 4) is 5.75 Å². The molecule has 0 N–H and O–H groups in total. The minimum absolute atomic E-state index is 0.261. The van der Waals surface area contributed by atoms with E-state index in [9.17, 15) is 13.2 Å². The first kappa shape index (κ1) is 14.4. The molecule has 0 amide bonds. The van der Waals surface area contributed by atoms with Gasteiger partial charge in [0.05, 0.1) is 12.7 Å². The molecule has 22 heavy (non-hydrogen) atoms. The Kier molecular flexibility index (Phi) is 3.48. The van der Waals surface area contributed by atoms with E-state index in [-0.39, 0.29) is 6.42 Å². The van der Waals surface area contributed by atoms with E-state index >= 15 is 0 Å². The quantitative estimate of drug-likeness (QED) is 0.745. The van der Waals surface area contributed by atoms with Crippen LogP contribution in [-0.4, -0.2) is 21.7 Å². The highest BCUT2D eigenvalue weighted by molar-refractivity contribution is 5.44. The van der Waals surface area contributed by atoms with Gasteiger partial charge in [-0.2, -0.15) is 13.2 Å². The Bertz CT molecular complexity index is 811. The zero-order chi connectivity index (χ0) is 15.7. The van der Waals surface area contributed by atoms with Crippen LogP contribution in [0.15, 0.2) is 42.6 Å². The van der Waals surface area contributed by atoms with Gasteiger partial charge in [-0.05, 0) is 17.7 Å². The molecule has 3 rings (SSSR count). The predicted molar refractivity (Wildman–Crippen MR) is 73.8 cm³/mol. The van der Waals surface area contributed by atoms with Crippen LogP contribution in [0.3, 0.4) is 0 Å². The third-order valence-electron chi connectivity index (χ3n) is 3.30. The van der Waals surface area contributed by atoms with Crippen LogP contribution in [0.25, 0.3) is 5.65 Å². The van der Waals surface area contributed by atoms with Crippen LogP contribution in [0, 0.1) is 0 Å². The van der Waals surface area contributed by atoms with Gasteiger partial charge in [-0.15, -0.1) is 10.2 Å². The second kappa shape index (κ2) is 5.32. The van der Waals surface area contributed by atoms with Gasteiger partial charge in [0.15, 0.2) is 5.65 Å². The van der Waals surface area contributed by atoms with Crippen molar-refractivity contribution in [2.75, 3.05) is 7.11 Å². The fourth-order valence-electron chi connectivity index (χ4n) is 2.21. The molecule has 2 heterocycles. The van der Waals surface area contributed by atoms with Crippen LogP contribution in [0.1, 0.15) is 17.0 Å². The molecule has 4 nitrogen and oxygen atoms in total. The summed E-state index contributed by atoms with van der Waals surface area (Å²) in [6.07, 6.45) is -2.36. The summed E-state index contributed by atoms with van der Waals surface area (Å²) in [6.45, 7) is 0. The maximum atomic E-state index is 12.7. The molecule has 3 aromatic rings. The number of alkyl halides is 3. The molecule has 0 aliphatic carbocycles. The number of hydrogen-bond acceptors (Lipinski definition) is 3. The van der Waals surface area contributed by atoms with E-state index in [2.05, 4.69) is 10.2 Å². The van der Waals surface area contributed by atoms with E-state index < -0.39 is 11.7 Å². The zero-order valence-electron chi connectivity index (χ0n) is 11.6. The number of rotatable bonds is 3. The Hall–Kier alpha value is -2.57. The van der Waals surface area contributed by atoms with Crippen LogP contribution in [0.5, 0.6) is 5.75 Å². The average molecular weight is 307 g/mol. The van der Waals surface area contributed by atoms with Gasteiger partial charge in [-0.1, -0.05) is 18.2 Å². The minimum Gasteiger partial charge on any atom is -0.497 e. The van der Waals surface area contributed by atoms with Gasteiger partial charge in [0.25, 0.3) is 0 Å². The molecule has 0 atom stereocenters. The molecule has 0 saturated heterocycles.